The summed E-state index contributed by atoms with van der Waals surface area (Å²) in [5.74, 6) is -0.283. The molecule has 2 rings (SSSR count). The third kappa shape index (κ3) is 2.88. The molecule has 1 atom stereocenters. The summed E-state index contributed by atoms with van der Waals surface area (Å²) in [4.78, 5) is 0. The highest BCUT2D eigenvalue weighted by Gasteiger charge is 2.20. The normalized spacial score (nSPS) is 17.0. The van der Waals surface area contributed by atoms with Gasteiger partial charge >= 0.3 is 0 Å². The predicted molar refractivity (Wildman–Crippen MR) is 69.8 cm³/mol. The zero-order valence-electron chi connectivity index (χ0n) is 9.97. The van der Waals surface area contributed by atoms with Crippen LogP contribution in [0.15, 0.2) is 29.8 Å². The van der Waals surface area contributed by atoms with E-state index in [4.69, 9.17) is 11.6 Å². The van der Waals surface area contributed by atoms with E-state index in [0.29, 0.717) is 5.02 Å². The van der Waals surface area contributed by atoms with Crippen LogP contribution in [-0.4, -0.2) is 6.54 Å². The minimum absolute atomic E-state index is 0.135. The van der Waals surface area contributed by atoms with E-state index in [1.54, 1.807) is 6.07 Å². The van der Waals surface area contributed by atoms with Crippen LogP contribution in [0.5, 0.6) is 0 Å². The van der Waals surface area contributed by atoms with Gasteiger partial charge in [0, 0.05) is 5.02 Å². The maximum Gasteiger partial charge on any atom is 0.124 e. The van der Waals surface area contributed by atoms with Crippen molar-refractivity contribution < 1.29 is 4.39 Å². The predicted octanol–water partition coefficient (Wildman–Crippen LogP) is 4.24. The van der Waals surface area contributed by atoms with Gasteiger partial charge in [0.05, 0.1) is 6.04 Å². The lowest BCUT2D eigenvalue weighted by Gasteiger charge is -2.21. The van der Waals surface area contributed by atoms with Gasteiger partial charge in [-0.05, 0) is 43.5 Å². The summed E-state index contributed by atoms with van der Waals surface area (Å²) in [6, 6.07) is 4.78. The van der Waals surface area contributed by atoms with Crippen LogP contribution in [0, 0.1) is 5.82 Å². The molecule has 1 unspecified atom stereocenters. The number of halogens is 2. The van der Waals surface area contributed by atoms with Gasteiger partial charge in [-0.25, -0.2) is 4.39 Å². The SMILES string of the molecule is CCNC(C1=CCCC1)c1ccc(F)cc1Cl. The second-order valence-corrected chi connectivity index (χ2v) is 4.73. The molecule has 0 radical (unpaired) electrons. The van der Waals surface area contributed by atoms with Gasteiger partial charge in [0.2, 0.25) is 0 Å². The number of hydrogen-bond donors (Lipinski definition) is 1. The van der Waals surface area contributed by atoms with E-state index in [2.05, 4.69) is 18.3 Å². The van der Waals surface area contributed by atoms with Gasteiger partial charge in [0.1, 0.15) is 5.82 Å². The molecule has 1 N–H and O–H groups in total. The zero-order valence-corrected chi connectivity index (χ0v) is 10.7. The van der Waals surface area contributed by atoms with Gasteiger partial charge in [0.25, 0.3) is 0 Å². The Hall–Kier alpha value is -0.860. The number of likely N-dealkylation sites (N-methyl/N-ethyl adjacent to an activating group) is 1. The second-order valence-electron chi connectivity index (χ2n) is 4.33. The van der Waals surface area contributed by atoms with Crippen LogP contribution >= 0.6 is 11.6 Å². The fourth-order valence-corrected chi connectivity index (χ4v) is 2.61. The lowest BCUT2D eigenvalue weighted by atomic mass is 9.98. The second kappa shape index (κ2) is 5.65. The van der Waals surface area contributed by atoms with Gasteiger partial charge in [-0.2, -0.15) is 0 Å². The van der Waals surface area contributed by atoms with Crippen LogP contribution < -0.4 is 5.32 Å². The smallest absolute Gasteiger partial charge is 0.124 e. The van der Waals surface area contributed by atoms with Crippen LogP contribution in [0.1, 0.15) is 37.8 Å². The number of allylic oxidation sites excluding steroid dienone is 1. The fourth-order valence-electron chi connectivity index (χ4n) is 2.34. The lowest BCUT2D eigenvalue weighted by Crippen LogP contribution is -2.22. The summed E-state index contributed by atoms with van der Waals surface area (Å²) in [6.45, 7) is 2.94. The highest BCUT2D eigenvalue weighted by Crippen LogP contribution is 2.34. The summed E-state index contributed by atoms with van der Waals surface area (Å²) < 4.78 is 13.1. The van der Waals surface area contributed by atoms with Gasteiger partial charge in [-0.1, -0.05) is 36.2 Å². The van der Waals surface area contributed by atoms with Crippen LogP contribution in [0.2, 0.25) is 5.02 Å². The Balaban J connectivity index is 2.31. The first-order valence-corrected chi connectivity index (χ1v) is 6.47. The quantitative estimate of drug-likeness (QED) is 0.792. The molecule has 0 aromatic heterocycles. The Morgan fingerprint density at radius 1 is 1.47 bits per heavy atom. The number of hydrogen-bond acceptors (Lipinski definition) is 1. The molecule has 3 heteroatoms. The summed E-state index contributed by atoms with van der Waals surface area (Å²) in [5.41, 5.74) is 2.35. The molecule has 0 fully saturated rings. The molecule has 0 heterocycles. The van der Waals surface area contributed by atoms with E-state index in [9.17, 15) is 4.39 Å². The van der Waals surface area contributed by atoms with E-state index >= 15 is 0 Å². The molecular formula is C14H17ClFN. The van der Waals surface area contributed by atoms with E-state index in [-0.39, 0.29) is 11.9 Å². The number of benzene rings is 1. The van der Waals surface area contributed by atoms with Gasteiger partial charge in [0.15, 0.2) is 0 Å². The summed E-state index contributed by atoms with van der Waals surface area (Å²) in [7, 11) is 0. The van der Waals surface area contributed by atoms with Gasteiger partial charge in [-0.15, -0.1) is 0 Å². The Labute approximate surface area is 107 Å². The maximum atomic E-state index is 13.1. The average molecular weight is 254 g/mol. The van der Waals surface area contributed by atoms with Crippen molar-refractivity contribution in [2.24, 2.45) is 0 Å². The highest BCUT2D eigenvalue weighted by molar-refractivity contribution is 6.31. The van der Waals surface area contributed by atoms with Crippen LogP contribution in [0.4, 0.5) is 4.39 Å². The number of nitrogens with one attached hydrogen (secondary N) is 1. The molecule has 1 aliphatic rings. The summed E-state index contributed by atoms with van der Waals surface area (Å²) in [5, 5.41) is 3.93. The zero-order chi connectivity index (χ0) is 12.3. The largest absolute Gasteiger partial charge is 0.307 e. The molecule has 0 aliphatic heterocycles. The molecule has 0 bridgehead atoms. The van der Waals surface area contributed by atoms with Crippen molar-refractivity contribution in [3.8, 4) is 0 Å². The van der Waals surface area contributed by atoms with Crippen molar-refractivity contribution in [2.75, 3.05) is 6.54 Å². The minimum atomic E-state index is -0.283. The van der Waals surface area contributed by atoms with E-state index < -0.39 is 0 Å². The Kier molecular flexibility index (Phi) is 4.19. The third-order valence-electron chi connectivity index (χ3n) is 3.13. The van der Waals surface area contributed by atoms with Crippen molar-refractivity contribution in [3.05, 3.63) is 46.3 Å². The topological polar surface area (TPSA) is 12.0 Å². The molecule has 92 valence electrons. The van der Waals surface area contributed by atoms with E-state index in [0.717, 1.165) is 24.9 Å². The van der Waals surface area contributed by atoms with E-state index in [1.165, 1.54) is 24.1 Å². The molecule has 1 aliphatic carbocycles. The third-order valence-corrected chi connectivity index (χ3v) is 3.46. The van der Waals surface area contributed by atoms with Crippen molar-refractivity contribution in [2.45, 2.75) is 32.2 Å². The molecule has 17 heavy (non-hydrogen) atoms. The first-order chi connectivity index (χ1) is 8.22. The molecule has 0 saturated carbocycles. The highest BCUT2D eigenvalue weighted by atomic mass is 35.5. The summed E-state index contributed by atoms with van der Waals surface area (Å²) in [6.07, 6.45) is 5.71. The van der Waals surface area contributed by atoms with Crippen molar-refractivity contribution in [1.29, 1.82) is 0 Å². The molecule has 1 aromatic carbocycles. The average Bonchev–Trinajstić information content (AvgIpc) is 2.80. The first kappa shape index (κ1) is 12.6. The summed E-state index contributed by atoms with van der Waals surface area (Å²) >= 11 is 6.13. The molecule has 1 nitrogen and oxygen atoms in total. The molecular weight excluding hydrogens is 237 g/mol. The minimum Gasteiger partial charge on any atom is -0.307 e. The lowest BCUT2D eigenvalue weighted by molar-refractivity contribution is 0.598. The Morgan fingerprint density at radius 3 is 2.88 bits per heavy atom. The molecule has 0 amide bonds. The maximum absolute atomic E-state index is 13.1. The molecule has 0 saturated heterocycles. The van der Waals surface area contributed by atoms with Gasteiger partial charge < -0.3 is 5.32 Å². The first-order valence-electron chi connectivity index (χ1n) is 6.09. The van der Waals surface area contributed by atoms with Crippen LogP contribution in [0.3, 0.4) is 0 Å². The Bertz CT molecular complexity index is 428. The standard InChI is InChI=1S/C14H17ClFN/c1-2-17-14(10-5-3-4-6-10)12-8-7-11(16)9-13(12)15/h5,7-9,14,17H,2-4,6H2,1H3. The van der Waals surface area contributed by atoms with Crippen LogP contribution in [-0.2, 0) is 0 Å². The van der Waals surface area contributed by atoms with E-state index in [1.807, 2.05) is 0 Å². The van der Waals surface area contributed by atoms with Crippen LogP contribution in [0.25, 0.3) is 0 Å². The fraction of sp³-hybridized carbons (Fsp3) is 0.429. The van der Waals surface area contributed by atoms with Gasteiger partial charge in [-0.3, -0.25) is 0 Å². The van der Waals surface area contributed by atoms with Crippen molar-refractivity contribution >= 4 is 11.6 Å². The van der Waals surface area contributed by atoms with Crippen molar-refractivity contribution in [1.82, 2.24) is 5.32 Å². The molecule has 1 aromatic rings. The number of rotatable bonds is 4. The Morgan fingerprint density at radius 2 is 2.29 bits per heavy atom. The molecule has 0 spiro atoms. The van der Waals surface area contributed by atoms with Crippen molar-refractivity contribution in [3.63, 3.8) is 0 Å². The monoisotopic (exact) mass is 253 g/mol.